The highest BCUT2D eigenvalue weighted by Crippen LogP contribution is 2.18. The molecule has 0 radical (unpaired) electrons. The Balaban J connectivity index is 1.45. The van der Waals surface area contributed by atoms with Gasteiger partial charge in [0.1, 0.15) is 12.4 Å². The Hall–Kier alpha value is -2.86. The molecule has 1 aliphatic rings. The lowest BCUT2D eigenvalue weighted by Gasteiger charge is -2.06. The zero-order chi connectivity index (χ0) is 18.4. The number of carbonyl (C=O) groups is 2. The molecule has 2 aromatic carbocycles. The number of halogens is 1. The van der Waals surface area contributed by atoms with Crippen LogP contribution in [-0.4, -0.2) is 24.1 Å². The second kappa shape index (κ2) is 8.49. The first-order valence-electron chi connectivity index (χ1n) is 8.21. The number of hydrogen-bond acceptors (Lipinski definition) is 4. The molecule has 0 heterocycles. The summed E-state index contributed by atoms with van der Waals surface area (Å²) in [7, 11) is 0. The van der Waals surface area contributed by atoms with Crippen LogP contribution >= 0.6 is 11.6 Å². The number of carbonyl (C=O) groups excluding carboxylic acids is 2. The summed E-state index contributed by atoms with van der Waals surface area (Å²) < 4.78 is 5.69. The second-order valence-corrected chi connectivity index (χ2v) is 6.37. The average Bonchev–Trinajstić information content (AvgIpc) is 3.46. The molecule has 3 rings (SSSR count). The minimum Gasteiger partial charge on any atom is -0.489 e. The van der Waals surface area contributed by atoms with E-state index in [4.69, 9.17) is 16.3 Å². The van der Waals surface area contributed by atoms with Crippen molar-refractivity contribution in [3.8, 4) is 5.75 Å². The largest absolute Gasteiger partial charge is 0.489 e. The predicted octanol–water partition coefficient (Wildman–Crippen LogP) is 2.65. The quantitative estimate of drug-likeness (QED) is 0.465. The maximum atomic E-state index is 11.5. The van der Waals surface area contributed by atoms with Crippen LogP contribution in [0.2, 0.25) is 5.02 Å². The van der Waals surface area contributed by atoms with Crippen molar-refractivity contribution in [3.63, 3.8) is 0 Å². The molecule has 26 heavy (non-hydrogen) atoms. The van der Waals surface area contributed by atoms with Gasteiger partial charge in [-0.15, -0.1) is 0 Å². The van der Waals surface area contributed by atoms with Crippen molar-refractivity contribution in [2.45, 2.75) is 25.5 Å². The highest BCUT2D eigenvalue weighted by atomic mass is 35.5. The van der Waals surface area contributed by atoms with E-state index in [1.54, 1.807) is 24.3 Å². The number of ether oxygens (including phenoxy) is 1. The van der Waals surface area contributed by atoms with Crippen molar-refractivity contribution in [2.24, 2.45) is 5.10 Å². The SMILES string of the molecule is O=C(N/N=C\c1ccc(OCc2ccc(Cl)cc2)cc1)C(=O)NC1CC1. The van der Waals surface area contributed by atoms with Crippen LogP contribution in [0.4, 0.5) is 0 Å². The Morgan fingerprint density at radius 3 is 2.42 bits per heavy atom. The molecule has 1 aliphatic carbocycles. The normalized spacial score (nSPS) is 13.4. The molecular weight excluding hydrogens is 354 g/mol. The van der Waals surface area contributed by atoms with Crippen LogP contribution in [0.15, 0.2) is 53.6 Å². The summed E-state index contributed by atoms with van der Waals surface area (Å²) in [6.07, 6.45) is 3.31. The monoisotopic (exact) mass is 371 g/mol. The minimum atomic E-state index is -0.768. The third-order valence-electron chi connectivity index (χ3n) is 3.70. The van der Waals surface area contributed by atoms with Gasteiger partial charge in [-0.1, -0.05) is 23.7 Å². The Morgan fingerprint density at radius 1 is 1.08 bits per heavy atom. The Morgan fingerprint density at radius 2 is 1.77 bits per heavy atom. The third kappa shape index (κ3) is 5.60. The summed E-state index contributed by atoms with van der Waals surface area (Å²) in [6, 6.07) is 14.8. The topological polar surface area (TPSA) is 79.8 Å². The van der Waals surface area contributed by atoms with E-state index in [1.165, 1.54) is 6.21 Å². The van der Waals surface area contributed by atoms with Crippen molar-refractivity contribution >= 4 is 29.6 Å². The number of hydrazone groups is 1. The number of hydrogen-bond donors (Lipinski definition) is 2. The molecule has 0 unspecified atom stereocenters. The molecule has 7 heteroatoms. The van der Waals surface area contributed by atoms with Crippen molar-refractivity contribution in [2.75, 3.05) is 0 Å². The van der Waals surface area contributed by atoms with Gasteiger partial charge in [-0.25, -0.2) is 5.43 Å². The highest BCUT2D eigenvalue weighted by Gasteiger charge is 2.26. The summed E-state index contributed by atoms with van der Waals surface area (Å²) in [4.78, 5) is 23.0. The average molecular weight is 372 g/mol. The van der Waals surface area contributed by atoms with Gasteiger partial charge in [-0.2, -0.15) is 5.10 Å². The Bertz CT molecular complexity index is 800. The van der Waals surface area contributed by atoms with Crippen molar-refractivity contribution < 1.29 is 14.3 Å². The predicted molar refractivity (Wildman–Crippen MR) is 99.1 cm³/mol. The molecule has 0 saturated heterocycles. The molecule has 0 bridgehead atoms. The van der Waals surface area contributed by atoms with E-state index < -0.39 is 11.8 Å². The Kier molecular flexibility index (Phi) is 5.86. The molecule has 0 spiro atoms. The van der Waals surface area contributed by atoms with Crippen LogP contribution in [-0.2, 0) is 16.2 Å². The van der Waals surface area contributed by atoms with Crippen molar-refractivity contribution in [1.82, 2.24) is 10.7 Å². The first kappa shape index (κ1) is 17.9. The molecule has 134 valence electrons. The van der Waals surface area contributed by atoms with E-state index in [2.05, 4.69) is 15.8 Å². The lowest BCUT2D eigenvalue weighted by Crippen LogP contribution is -2.38. The summed E-state index contributed by atoms with van der Waals surface area (Å²) in [5, 5.41) is 7.06. The van der Waals surface area contributed by atoms with E-state index in [0.29, 0.717) is 17.4 Å². The molecule has 0 aromatic heterocycles. The van der Waals surface area contributed by atoms with E-state index in [1.807, 2.05) is 24.3 Å². The third-order valence-corrected chi connectivity index (χ3v) is 3.95. The van der Waals surface area contributed by atoms with Gasteiger partial charge in [0.25, 0.3) is 0 Å². The lowest BCUT2D eigenvalue weighted by atomic mass is 10.2. The maximum Gasteiger partial charge on any atom is 0.329 e. The standard InChI is InChI=1S/C19H18ClN3O3/c20-15-5-1-14(2-6-15)12-26-17-9-3-13(4-10-17)11-21-23-19(25)18(24)22-16-7-8-16/h1-6,9-11,16H,7-8,12H2,(H,22,24)(H,23,25)/b21-11-. The van der Waals surface area contributed by atoms with Gasteiger partial charge in [-0.3, -0.25) is 9.59 Å². The van der Waals surface area contributed by atoms with Crippen molar-refractivity contribution in [1.29, 1.82) is 0 Å². The van der Waals surface area contributed by atoms with Gasteiger partial charge < -0.3 is 10.1 Å². The van der Waals surface area contributed by atoms with E-state index in [-0.39, 0.29) is 6.04 Å². The number of nitrogens with one attached hydrogen (secondary N) is 2. The fourth-order valence-corrected chi connectivity index (χ4v) is 2.22. The van der Waals surface area contributed by atoms with Crippen LogP contribution in [0.1, 0.15) is 24.0 Å². The first-order chi connectivity index (χ1) is 12.6. The van der Waals surface area contributed by atoms with E-state index in [0.717, 1.165) is 24.0 Å². The molecule has 2 aromatic rings. The van der Waals surface area contributed by atoms with Crippen LogP contribution in [0.5, 0.6) is 5.75 Å². The molecule has 0 atom stereocenters. The van der Waals surface area contributed by atoms with Gasteiger partial charge >= 0.3 is 11.8 Å². The van der Waals surface area contributed by atoms with Crippen molar-refractivity contribution in [3.05, 3.63) is 64.7 Å². The minimum absolute atomic E-state index is 0.137. The number of amides is 2. The smallest absolute Gasteiger partial charge is 0.329 e. The molecule has 1 fully saturated rings. The van der Waals surface area contributed by atoms with Gasteiger partial charge in [0.15, 0.2) is 0 Å². The zero-order valence-electron chi connectivity index (χ0n) is 13.9. The van der Waals surface area contributed by atoms with Gasteiger partial charge in [0, 0.05) is 11.1 Å². The van der Waals surface area contributed by atoms with Gasteiger partial charge in [0.2, 0.25) is 0 Å². The molecule has 6 nitrogen and oxygen atoms in total. The highest BCUT2D eigenvalue weighted by molar-refractivity contribution is 6.35. The fraction of sp³-hybridized carbons (Fsp3) is 0.211. The fourth-order valence-electron chi connectivity index (χ4n) is 2.09. The number of benzene rings is 2. The molecule has 0 aliphatic heterocycles. The van der Waals surface area contributed by atoms with Gasteiger partial charge in [-0.05, 0) is 60.4 Å². The zero-order valence-corrected chi connectivity index (χ0v) is 14.7. The van der Waals surface area contributed by atoms with Crippen LogP contribution in [0.3, 0.4) is 0 Å². The number of rotatable bonds is 6. The Labute approximate surface area is 156 Å². The summed E-state index contributed by atoms with van der Waals surface area (Å²) in [6.45, 7) is 0.441. The molecule has 2 N–H and O–H groups in total. The van der Waals surface area contributed by atoms with E-state index >= 15 is 0 Å². The summed E-state index contributed by atoms with van der Waals surface area (Å²) >= 11 is 5.85. The first-order valence-corrected chi connectivity index (χ1v) is 8.59. The molecule has 2 amide bonds. The maximum absolute atomic E-state index is 11.5. The summed E-state index contributed by atoms with van der Waals surface area (Å²) in [5.74, 6) is -0.711. The van der Waals surface area contributed by atoms with Gasteiger partial charge in [0.05, 0.1) is 6.21 Å². The van der Waals surface area contributed by atoms with Crippen LogP contribution in [0, 0.1) is 0 Å². The molecule has 1 saturated carbocycles. The number of nitrogens with zero attached hydrogens (tertiary/aromatic N) is 1. The van der Waals surface area contributed by atoms with Crippen LogP contribution in [0.25, 0.3) is 0 Å². The second-order valence-electron chi connectivity index (χ2n) is 5.93. The van der Waals surface area contributed by atoms with E-state index in [9.17, 15) is 9.59 Å². The summed E-state index contributed by atoms with van der Waals surface area (Å²) in [5.41, 5.74) is 4.00. The van der Waals surface area contributed by atoms with Crippen LogP contribution < -0.4 is 15.5 Å². The lowest BCUT2D eigenvalue weighted by molar-refractivity contribution is -0.139. The molecular formula is C19H18ClN3O3.